The number of aryl methyl sites for hydroxylation is 1. The van der Waals surface area contributed by atoms with Crippen LogP contribution in [0.4, 0.5) is 0 Å². The van der Waals surface area contributed by atoms with E-state index in [2.05, 4.69) is 24.2 Å². The molecule has 0 atom stereocenters. The Hall–Kier alpha value is -2.13. The Kier molecular flexibility index (Phi) is 2.61. The van der Waals surface area contributed by atoms with Crippen molar-refractivity contribution in [3.63, 3.8) is 0 Å². The molecule has 0 aliphatic carbocycles. The van der Waals surface area contributed by atoms with E-state index in [0.717, 1.165) is 22.2 Å². The van der Waals surface area contributed by atoms with Crippen molar-refractivity contribution >= 4 is 5.52 Å². The number of aliphatic hydroxyl groups is 1. The summed E-state index contributed by atoms with van der Waals surface area (Å²) < 4.78 is 1.83. The van der Waals surface area contributed by atoms with Crippen LogP contribution in [0.1, 0.15) is 11.1 Å². The third-order valence-electron chi connectivity index (χ3n) is 3.15. The van der Waals surface area contributed by atoms with Gasteiger partial charge in [0, 0.05) is 12.4 Å². The van der Waals surface area contributed by atoms with Gasteiger partial charge < -0.3 is 5.11 Å². The van der Waals surface area contributed by atoms with Gasteiger partial charge in [-0.3, -0.25) is 0 Å². The van der Waals surface area contributed by atoms with Gasteiger partial charge in [-0.25, -0.2) is 4.52 Å². The van der Waals surface area contributed by atoms with E-state index in [4.69, 9.17) is 0 Å². The second-order valence-electron chi connectivity index (χ2n) is 4.43. The van der Waals surface area contributed by atoms with Crippen LogP contribution in [0.15, 0.2) is 48.8 Å². The lowest BCUT2D eigenvalue weighted by atomic mass is 9.98. The highest BCUT2D eigenvalue weighted by atomic mass is 16.3. The Labute approximate surface area is 105 Å². The summed E-state index contributed by atoms with van der Waals surface area (Å²) in [6.45, 7) is 2.11. The molecular weight excluding hydrogens is 224 g/mol. The van der Waals surface area contributed by atoms with Crippen LogP contribution in [-0.2, 0) is 6.61 Å². The molecule has 0 aliphatic rings. The molecule has 2 aromatic heterocycles. The zero-order valence-electron chi connectivity index (χ0n) is 10.2. The average molecular weight is 238 g/mol. The Morgan fingerprint density at radius 2 is 2.06 bits per heavy atom. The van der Waals surface area contributed by atoms with Crippen LogP contribution >= 0.6 is 0 Å². The highest BCUT2D eigenvalue weighted by Gasteiger charge is 2.06. The molecule has 3 rings (SSSR count). The smallest absolute Gasteiger partial charge is 0.0687 e. The maximum absolute atomic E-state index is 9.43. The van der Waals surface area contributed by atoms with Crippen molar-refractivity contribution in [2.75, 3.05) is 0 Å². The predicted molar refractivity (Wildman–Crippen MR) is 71.3 cm³/mol. The fourth-order valence-corrected chi connectivity index (χ4v) is 2.19. The molecule has 0 unspecified atom stereocenters. The molecule has 90 valence electrons. The molecule has 3 nitrogen and oxygen atoms in total. The number of rotatable bonds is 2. The van der Waals surface area contributed by atoms with Gasteiger partial charge in [-0.2, -0.15) is 5.10 Å². The highest BCUT2D eigenvalue weighted by Crippen LogP contribution is 2.26. The number of aromatic nitrogens is 2. The van der Waals surface area contributed by atoms with E-state index < -0.39 is 0 Å². The molecule has 1 aromatic carbocycles. The first-order valence-electron chi connectivity index (χ1n) is 5.92. The number of hydrogen-bond donors (Lipinski definition) is 1. The molecule has 0 saturated carbocycles. The third kappa shape index (κ3) is 1.79. The number of fused-ring (bicyclic) bond motifs is 1. The summed E-state index contributed by atoms with van der Waals surface area (Å²) in [6, 6.07) is 12.2. The fraction of sp³-hybridized carbons (Fsp3) is 0.133. The molecule has 0 amide bonds. The van der Waals surface area contributed by atoms with Crippen LogP contribution < -0.4 is 0 Å². The number of hydrogen-bond acceptors (Lipinski definition) is 2. The topological polar surface area (TPSA) is 37.5 Å². The van der Waals surface area contributed by atoms with Crippen LogP contribution in [0.25, 0.3) is 16.6 Å². The second-order valence-corrected chi connectivity index (χ2v) is 4.43. The van der Waals surface area contributed by atoms with E-state index in [1.807, 2.05) is 35.0 Å². The molecule has 0 aliphatic heterocycles. The minimum atomic E-state index is 0.0556. The molecule has 2 heterocycles. The summed E-state index contributed by atoms with van der Waals surface area (Å²) in [5.41, 5.74) is 5.38. The van der Waals surface area contributed by atoms with Crippen molar-refractivity contribution < 1.29 is 5.11 Å². The van der Waals surface area contributed by atoms with E-state index in [-0.39, 0.29) is 6.61 Å². The molecule has 18 heavy (non-hydrogen) atoms. The molecule has 3 aromatic rings. The lowest BCUT2D eigenvalue weighted by Gasteiger charge is -2.09. The summed E-state index contributed by atoms with van der Waals surface area (Å²) in [5, 5.41) is 13.6. The lowest BCUT2D eigenvalue weighted by Crippen LogP contribution is -1.92. The molecule has 0 saturated heterocycles. The number of benzene rings is 1. The van der Waals surface area contributed by atoms with Crippen molar-refractivity contribution in [3.05, 3.63) is 59.9 Å². The first-order valence-corrected chi connectivity index (χ1v) is 5.92. The van der Waals surface area contributed by atoms with E-state index in [1.165, 1.54) is 5.56 Å². The number of aliphatic hydroxyl groups excluding tert-OH is 1. The number of nitrogens with zero attached hydrogens (tertiary/aromatic N) is 2. The summed E-state index contributed by atoms with van der Waals surface area (Å²) in [5.74, 6) is 0. The first-order chi connectivity index (χ1) is 8.78. The van der Waals surface area contributed by atoms with Gasteiger partial charge >= 0.3 is 0 Å². The van der Waals surface area contributed by atoms with Crippen molar-refractivity contribution in [3.8, 4) is 11.1 Å². The Balaban J connectivity index is 2.21. The van der Waals surface area contributed by atoms with Crippen LogP contribution in [0.5, 0.6) is 0 Å². The van der Waals surface area contributed by atoms with Crippen LogP contribution in [0.3, 0.4) is 0 Å². The Bertz CT molecular complexity index is 701. The molecule has 0 spiro atoms. The molecule has 3 heteroatoms. The highest BCUT2D eigenvalue weighted by molar-refractivity contribution is 5.72. The zero-order valence-corrected chi connectivity index (χ0v) is 10.2. The van der Waals surface area contributed by atoms with E-state index in [1.54, 1.807) is 6.20 Å². The quantitative estimate of drug-likeness (QED) is 0.745. The van der Waals surface area contributed by atoms with Crippen molar-refractivity contribution in [1.29, 1.82) is 0 Å². The summed E-state index contributed by atoms with van der Waals surface area (Å²) in [7, 11) is 0. The van der Waals surface area contributed by atoms with E-state index >= 15 is 0 Å². The maximum Gasteiger partial charge on any atom is 0.0687 e. The maximum atomic E-state index is 9.43. The van der Waals surface area contributed by atoms with Gasteiger partial charge in [0.25, 0.3) is 0 Å². The molecule has 0 radical (unpaired) electrons. The fourth-order valence-electron chi connectivity index (χ4n) is 2.19. The largest absolute Gasteiger partial charge is 0.392 e. The van der Waals surface area contributed by atoms with Gasteiger partial charge in [-0.1, -0.05) is 23.8 Å². The van der Waals surface area contributed by atoms with Crippen LogP contribution in [0.2, 0.25) is 0 Å². The van der Waals surface area contributed by atoms with Crippen molar-refractivity contribution in [2.24, 2.45) is 0 Å². The van der Waals surface area contributed by atoms with Gasteiger partial charge in [0.05, 0.1) is 12.1 Å². The molecule has 0 bridgehead atoms. The Morgan fingerprint density at radius 1 is 1.17 bits per heavy atom. The van der Waals surface area contributed by atoms with Gasteiger partial charge in [-0.15, -0.1) is 0 Å². The van der Waals surface area contributed by atoms with Crippen molar-refractivity contribution in [1.82, 2.24) is 9.61 Å². The Morgan fingerprint density at radius 3 is 2.89 bits per heavy atom. The van der Waals surface area contributed by atoms with Gasteiger partial charge in [0.15, 0.2) is 0 Å². The third-order valence-corrected chi connectivity index (χ3v) is 3.15. The van der Waals surface area contributed by atoms with Gasteiger partial charge in [0.2, 0.25) is 0 Å². The second kappa shape index (κ2) is 4.27. The van der Waals surface area contributed by atoms with Crippen LogP contribution in [0, 0.1) is 6.92 Å². The zero-order chi connectivity index (χ0) is 12.5. The summed E-state index contributed by atoms with van der Waals surface area (Å²) in [6.07, 6.45) is 3.72. The summed E-state index contributed by atoms with van der Waals surface area (Å²) in [4.78, 5) is 0. The summed E-state index contributed by atoms with van der Waals surface area (Å²) >= 11 is 0. The monoisotopic (exact) mass is 238 g/mol. The normalized spacial score (nSPS) is 11.0. The lowest BCUT2D eigenvalue weighted by molar-refractivity contribution is 0.282. The average Bonchev–Trinajstić information content (AvgIpc) is 2.85. The van der Waals surface area contributed by atoms with E-state index in [0.29, 0.717) is 0 Å². The molecule has 0 fully saturated rings. The van der Waals surface area contributed by atoms with E-state index in [9.17, 15) is 5.11 Å². The minimum Gasteiger partial charge on any atom is -0.392 e. The van der Waals surface area contributed by atoms with Gasteiger partial charge in [0.1, 0.15) is 0 Å². The van der Waals surface area contributed by atoms with Gasteiger partial charge in [-0.05, 0) is 41.8 Å². The standard InChI is InChI=1S/C15H14N2O/c1-11-2-3-13(10-18)15(8-11)12-5-7-17-14(9-12)4-6-16-17/h2-9,18H,10H2,1H3. The minimum absolute atomic E-state index is 0.0556. The molecular formula is C15H14N2O. The van der Waals surface area contributed by atoms with Crippen LogP contribution in [-0.4, -0.2) is 14.7 Å². The molecule has 1 N–H and O–H groups in total. The van der Waals surface area contributed by atoms with Crippen molar-refractivity contribution in [2.45, 2.75) is 13.5 Å². The predicted octanol–water partition coefficient (Wildman–Crippen LogP) is 2.80. The first kappa shape index (κ1) is 11.0. The number of pyridine rings is 1. The SMILES string of the molecule is Cc1ccc(CO)c(-c2ccn3nccc3c2)c1.